The number of methoxy groups -OCH3 is 1. The normalized spacial score (nSPS) is 11.7. The lowest BCUT2D eigenvalue weighted by atomic mass is 10.2. The third-order valence-electron chi connectivity index (χ3n) is 4.45. The van der Waals surface area contributed by atoms with E-state index in [9.17, 15) is 4.79 Å². The van der Waals surface area contributed by atoms with Crippen LogP contribution in [0.25, 0.3) is 4.96 Å². The summed E-state index contributed by atoms with van der Waals surface area (Å²) in [7, 11) is 1.69. The molecule has 0 saturated carbocycles. The summed E-state index contributed by atoms with van der Waals surface area (Å²) in [5.41, 5.74) is 1.78. The van der Waals surface area contributed by atoms with Crippen LogP contribution in [-0.2, 0) is 17.8 Å². The van der Waals surface area contributed by atoms with E-state index in [1.165, 1.54) is 21.4 Å². The SMILES string of the molecule is CCOc1ccc(CN(CCOC)Cc2cc(=O)n3nc(C(C)C)sc3n2)cc1. The Morgan fingerprint density at radius 2 is 1.97 bits per heavy atom. The van der Waals surface area contributed by atoms with Gasteiger partial charge >= 0.3 is 0 Å². The van der Waals surface area contributed by atoms with Gasteiger partial charge in [-0.1, -0.05) is 37.3 Å². The molecule has 2 heterocycles. The molecule has 0 N–H and O–H groups in total. The van der Waals surface area contributed by atoms with Gasteiger partial charge in [0.15, 0.2) is 0 Å². The maximum Gasteiger partial charge on any atom is 0.275 e. The van der Waals surface area contributed by atoms with Gasteiger partial charge in [-0.15, -0.1) is 0 Å². The van der Waals surface area contributed by atoms with E-state index in [4.69, 9.17) is 9.47 Å². The summed E-state index contributed by atoms with van der Waals surface area (Å²) in [6.07, 6.45) is 0. The second-order valence-corrected chi connectivity index (χ2v) is 8.14. The van der Waals surface area contributed by atoms with Crippen molar-refractivity contribution in [2.24, 2.45) is 0 Å². The molecule has 29 heavy (non-hydrogen) atoms. The fourth-order valence-corrected chi connectivity index (χ4v) is 3.89. The molecule has 0 amide bonds. The monoisotopic (exact) mass is 416 g/mol. The van der Waals surface area contributed by atoms with E-state index in [1.54, 1.807) is 13.2 Å². The number of aromatic nitrogens is 3. The molecule has 0 fully saturated rings. The first-order valence-electron chi connectivity index (χ1n) is 9.83. The van der Waals surface area contributed by atoms with Gasteiger partial charge in [0.2, 0.25) is 4.96 Å². The number of hydrogen-bond acceptors (Lipinski definition) is 7. The minimum Gasteiger partial charge on any atom is -0.494 e. The predicted molar refractivity (Wildman–Crippen MR) is 115 cm³/mol. The summed E-state index contributed by atoms with van der Waals surface area (Å²) in [5, 5.41) is 5.30. The zero-order valence-electron chi connectivity index (χ0n) is 17.4. The Bertz CT molecular complexity index is 982. The molecular weight excluding hydrogens is 388 g/mol. The Balaban J connectivity index is 1.79. The summed E-state index contributed by atoms with van der Waals surface area (Å²) in [5.74, 6) is 1.13. The van der Waals surface area contributed by atoms with Crippen LogP contribution in [0, 0.1) is 0 Å². The van der Waals surface area contributed by atoms with Crippen molar-refractivity contribution in [2.75, 3.05) is 26.9 Å². The molecule has 0 unspecified atom stereocenters. The van der Waals surface area contributed by atoms with Crippen LogP contribution in [-0.4, -0.2) is 46.4 Å². The second-order valence-electron chi connectivity index (χ2n) is 7.16. The van der Waals surface area contributed by atoms with Gasteiger partial charge in [0, 0.05) is 38.7 Å². The molecule has 0 aliphatic heterocycles. The highest BCUT2D eigenvalue weighted by Crippen LogP contribution is 2.20. The standard InChI is InChI=1S/C21H28N4O3S/c1-5-28-18-8-6-16(7-9-18)13-24(10-11-27-4)14-17-12-19(26)25-21(22-17)29-20(23-25)15(2)3/h6-9,12,15H,5,10-11,13-14H2,1-4H3. The van der Waals surface area contributed by atoms with Crippen molar-refractivity contribution in [2.45, 2.75) is 39.8 Å². The highest BCUT2D eigenvalue weighted by molar-refractivity contribution is 7.16. The molecule has 7 nitrogen and oxygen atoms in total. The lowest BCUT2D eigenvalue weighted by Crippen LogP contribution is -2.28. The Kier molecular flexibility index (Phi) is 7.35. The van der Waals surface area contributed by atoms with E-state index in [1.807, 2.05) is 19.1 Å². The fraction of sp³-hybridized carbons (Fsp3) is 0.476. The highest BCUT2D eigenvalue weighted by Gasteiger charge is 2.14. The average molecular weight is 417 g/mol. The predicted octanol–water partition coefficient (Wildman–Crippen LogP) is 3.32. The zero-order chi connectivity index (χ0) is 20.8. The van der Waals surface area contributed by atoms with Gasteiger partial charge in [0.05, 0.1) is 18.9 Å². The van der Waals surface area contributed by atoms with Crippen LogP contribution in [0.1, 0.15) is 43.0 Å². The van der Waals surface area contributed by atoms with Crippen molar-refractivity contribution in [1.82, 2.24) is 19.5 Å². The summed E-state index contributed by atoms with van der Waals surface area (Å²) < 4.78 is 12.2. The molecule has 0 spiro atoms. The average Bonchev–Trinajstić information content (AvgIpc) is 3.13. The maximum absolute atomic E-state index is 12.5. The van der Waals surface area contributed by atoms with Gasteiger partial charge in [-0.3, -0.25) is 9.69 Å². The van der Waals surface area contributed by atoms with Crippen molar-refractivity contribution >= 4 is 16.3 Å². The van der Waals surface area contributed by atoms with Gasteiger partial charge in [-0.05, 0) is 24.6 Å². The molecule has 2 aromatic heterocycles. The van der Waals surface area contributed by atoms with Crippen LogP contribution in [0.2, 0.25) is 0 Å². The van der Waals surface area contributed by atoms with Gasteiger partial charge in [-0.25, -0.2) is 4.98 Å². The first-order valence-corrected chi connectivity index (χ1v) is 10.6. The van der Waals surface area contributed by atoms with Crippen LogP contribution in [0.4, 0.5) is 0 Å². The molecule has 8 heteroatoms. The summed E-state index contributed by atoms with van der Waals surface area (Å²) in [6.45, 7) is 9.40. The van der Waals surface area contributed by atoms with E-state index in [0.717, 1.165) is 29.5 Å². The van der Waals surface area contributed by atoms with Gasteiger partial charge in [0.25, 0.3) is 5.56 Å². The zero-order valence-corrected chi connectivity index (χ0v) is 18.2. The quantitative estimate of drug-likeness (QED) is 0.505. The largest absolute Gasteiger partial charge is 0.494 e. The summed E-state index contributed by atoms with van der Waals surface area (Å²) in [4.78, 5) is 20.0. The van der Waals surface area contributed by atoms with E-state index < -0.39 is 0 Å². The van der Waals surface area contributed by atoms with E-state index in [0.29, 0.717) is 24.7 Å². The third-order valence-corrected chi connectivity index (χ3v) is 5.65. The first kappa shape index (κ1) is 21.4. The van der Waals surface area contributed by atoms with E-state index in [-0.39, 0.29) is 11.5 Å². The molecule has 156 valence electrons. The van der Waals surface area contributed by atoms with E-state index >= 15 is 0 Å². The number of nitrogens with zero attached hydrogens (tertiary/aromatic N) is 4. The Hall–Kier alpha value is -2.29. The van der Waals surface area contributed by atoms with Crippen LogP contribution < -0.4 is 10.3 Å². The third kappa shape index (κ3) is 5.62. The second kappa shape index (κ2) is 9.96. The summed E-state index contributed by atoms with van der Waals surface area (Å²) in [6, 6.07) is 9.67. The van der Waals surface area contributed by atoms with Gasteiger partial charge in [-0.2, -0.15) is 9.61 Å². The van der Waals surface area contributed by atoms with E-state index in [2.05, 4.69) is 41.0 Å². The molecular formula is C21H28N4O3S. The van der Waals surface area contributed by atoms with Crippen LogP contribution in [0.5, 0.6) is 5.75 Å². The summed E-state index contributed by atoms with van der Waals surface area (Å²) >= 11 is 1.47. The Morgan fingerprint density at radius 3 is 2.62 bits per heavy atom. The number of ether oxygens (including phenoxy) is 2. The topological polar surface area (TPSA) is 69.0 Å². The van der Waals surface area contributed by atoms with Gasteiger partial charge < -0.3 is 9.47 Å². The van der Waals surface area contributed by atoms with Crippen molar-refractivity contribution in [3.63, 3.8) is 0 Å². The maximum atomic E-state index is 12.5. The molecule has 3 rings (SSSR count). The minimum absolute atomic E-state index is 0.138. The van der Waals surface area contributed by atoms with Gasteiger partial charge in [0.1, 0.15) is 10.8 Å². The fourth-order valence-electron chi connectivity index (χ4n) is 2.96. The lowest BCUT2D eigenvalue weighted by Gasteiger charge is -2.21. The molecule has 3 aromatic rings. The highest BCUT2D eigenvalue weighted by atomic mass is 32.1. The van der Waals surface area contributed by atoms with Crippen LogP contribution in [0.15, 0.2) is 35.1 Å². The lowest BCUT2D eigenvalue weighted by molar-refractivity contribution is 0.139. The minimum atomic E-state index is -0.138. The van der Waals surface area contributed by atoms with Crippen molar-refractivity contribution in [3.8, 4) is 5.75 Å². The van der Waals surface area contributed by atoms with Crippen LogP contribution >= 0.6 is 11.3 Å². The van der Waals surface area contributed by atoms with Crippen LogP contribution in [0.3, 0.4) is 0 Å². The number of benzene rings is 1. The molecule has 1 aromatic carbocycles. The van der Waals surface area contributed by atoms with Crippen molar-refractivity contribution < 1.29 is 9.47 Å². The Morgan fingerprint density at radius 1 is 1.21 bits per heavy atom. The molecule has 0 aliphatic rings. The smallest absolute Gasteiger partial charge is 0.275 e. The number of fused-ring (bicyclic) bond motifs is 1. The molecule has 0 atom stereocenters. The first-order chi connectivity index (χ1) is 14.0. The Labute approximate surface area is 174 Å². The molecule has 0 saturated heterocycles. The van der Waals surface area contributed by atoms with Crippen molar-refractivity contribution in [1.29, 1.82) is 0 Å². The number of hydrogen-bond donors (Lipinski definition) is 0. The molecule has 0 radical (unpaired) electrons. The molecule has 0 bridgehead atoms. The number of rotatable bonds is 10. The molecule has 0 aliphatic carbocycles. The van der Waals surface area contributed by atoms with Crippen molar-refractivity contribution in [3.05, 3.63) is 57.0 Å².